The summed E-state index contributed by atoms with van der Waals surface area (Å²) in [6, 6.07) is 0. The monoisotopic (exact) mass is 812 g/mol. The Kier molecular flexibility index (Phi) is 45.0. The van der Waals surface area contributed by atoms with E-state index in [4.69, 9.17) is 0 Å². The minimum atomic E-state index is 1.23. The van der Waals surface area contributed by atoms with Crippen LogP contribution in [-0.4, -0.2) is 4.57 Å². The highest BCUT2D eigenvalue weighted by Crippen LogP contribution is 2.18. The zero-order valence-corrected chi connectivity index (χ0v) is 40.9. The lowest BCUT2D eigenvalue weighted by Crippen LogP contribution is -2.37. The molecule has 0 unspecified atom stereocenters. The molecule has 2 nitrogen and oxygen atoms in total. The molecule has 0 saturated carbocycles. The van der Waals surface area contributed by atoms with Crippen LogP contribution >= 0.6 is 0 Å². The van der Waals surface area contributed by atoms with Crippen molar-refractivity contribution in [1.82, 2.24) is 4.57 Å². The van der Waals surface area contributed by atoms with Crippen molar-refractivity contribution in [3.05, 3.63) is 18.2 Å². The molecular weight excluding hydrogens is 701 g/mol. The van der Waals surface area contributed by atoms with E-state index in [0.29, 0.717) is 0 Å². The van der Waals surface area contributed by atoms with Crippen LogP contribution in [0.2, 0.25) is 0 Å². The summed E-state index contributed by atoms with van der Waals surface area (Å²) in [5, 5.41) is 0. The van der Waals surface area contributed by atoms with Gasteiger partial charge in [-0.3, -0.25) is 0 Å². The molecule has 0 fully saturated rings. The lowest BCUT2D eigenvalue weighted by atomic mass is 10.0. The number of aryl methyl sites for hydroxylation is 2. The largest absolute Gasteiger partial charge is 0.256 e. The fourth-order valence-corrected chi connectivity index (χ4v) is 9.51. The molecule has 0 atom stereocenters. The summed E-state index contributed by atoms with van der Waals surface area (Å²) in [6.07, 6.45) is 74.3. The molecule has 0 spiro atoms. The van der Waals surface area contributed by atoms with E-state index in [2.05, 4.69) is 42.3 Å². The van der Waals surface area contributed by atoms with Gasteiger partial charge in [-0.1, -0.05) is 290 Å². The van der Waals surface area contributed by atoms with Crippen LogP contribution in [0.3, 0.4) is 0 Å². The third kappa shape index (κ3) is 38.2. The van der Waals surface area contributed by atoms with Gasteiger partial charge in [0.15, 0.2) is 0 Å². The Hall–Kier alpha value is -0.790. The molecule has 0 aliphatic heterocycles. The van der Waals surface area contributed by atoms with Crippen molar-refractivity contribution in [1.29, 1.82) is 0 Å². The number of aromatic nitrogens is 2. The molecule has 58 heavy (non-hydrogen) atoms. The van der Waals surface area contributed by atoms with Crippen molar-refractivity contribution >= 4 is 0 Å². The minimum Gasteiger partial charge on any atom is -0.234 e. The number of rotatable bonds is 50. The molecule has 2 heteroatoms. The lowest BCUT2D eigenvalue weighted by Gasteiger charge is -2.07. The predicted octanol–water partition coefficient (Wildman–Crippen LogP) is 19.7. The van der Waals surface area contributed by atoms with Gasteiger partial charge in [-0.2, -0.15) is 0 Å². The van der Waals surface area contributed by atoms with Crippen molar-refractivity contribution in [2.45, 2.75) is 342 Å². The quantitative estimate of drug-likeness (QED) is 0.0458. The minimum absolute atomic E-state index is 1.23. The molecule has 344 valence electrons. The van der Waals surface area contributed by atoms with Crippen molar-refractivity contribution < 1.29 is 4.57 Å². The number of unbranched alkanes of at least 4 members (excludes halogenated alkanes) is 44. The van der Waals surface area contributed by atoms with Crippen molar-refractivity contribution in [3.63, 3.8) is 0 Å². The molecule has 0 bridgehead atoms. The second-order valence-corrected chi connectivity index (χ2v) is 19.4. The van der Waals surface area contributed by atoms with E-state index >= 15 is 0 Å². The van der Waals surface area contributed by atoms with Crippen molar-refractivity contribution in [2.75, 3.05) is 0 Å². The second-order valence-electron chi connectivity index (χ2n) is 19.4. The highest BCUT2D eigenvalue weighted by atomic mass is 15.1. The maximum Gasteiger partial charge on any atom is 0.256 e. The Morgan fingerprint density at radius 3 is 0.828 bits per heavy atom. The Morgan fingerprint density at radius 1 is 0.293 bits per heavy atom. The predicted molar refractivity (Wildman–Crippen MR) is 262 cm³/mol. The molecule has 1 aromatic heterocycles. The van der Waals surface area contributed by atoms with Gasteiger partial charge in [0.1, 0.15) is 12.4 Å². The first-order chi connectivity index (χ1) is 28.8. The van der Waals surface area contributed by atoms with Gasteiger partial charge in [0.05, 0.1) is 13.1 Å². The Bertz CT molecular complexity index is 887. The maximum absolute atomic E-state index is 2.67. The Balaban J connectivity index is 2.24. The summed E-state index contributed by atoms with van der Waals surface area (Å²) in [4.78, 5) is 0. The zero-order chi connectivity index (χ0) is 41.5. The molecule has 1 aromatic rings. The number of hydrogen-bond donors (Lipinski definition) is 0. The standard InChI is InChI=1S/C56H111N2/c1-4-7-10-13-16-19-22-25-28-29-32-35-38-41-44-47-50-53-58-55-54-57(52-49-46-43-40-37-34-31-27-24-21-18-15-12-9-6-3)56(58)51-48-45-42-39-36-33-30-26-23-20-17-14-11-8-5-2/h54-55H,4-53H2,1-3H3/q+1. The third-order valence-corrected chi connectivity index (χ3v) is 13.6. The number of nitrogens with zero attached hydrogens (tertiary/aromatic N) is 2. The highest BCUT2D eigenvalue weighted by Gasteiger charge is 2.16. The zero-order valence-electron chi connectivity index (χ0n) is 40.9. The molecule has 0 N–H and O–H groups in total. The molecular formula is C56H111N2+. The van der Waals surface area contributed by atoms with E-state index in [9.17, 15) is 0 Å². The lowest BCUT2D eigenvalue weighted by molar-refractivity contribution is -0.704. The summed E-state index contributed by atoms with van der Waals surface area (Å²) in [5.41, 5.74) is 0. The van der Waals surface area contributed by atoms with Crippen LogP contribution in [0, 0.1) is 0 Å². The molecule has 0 aliphatic rings. The van der Waals surface area contributed by atoms with Crippen molar-refractivity contribution in [3.8, 4) is 0 Å². The van der Waals surface area contributed by atoms with Crippen LogP contribution in [-0.2, 0) is 19.5 Å². The summed E-state index contributed by atoms with van der Waals surface area (Å²) in [6.45, 7) is 9.42. The van der Waals surface area contributed by atoms with E-state index in [1.807, 2.05) is 0 Å². The van der Waals surface area contributed by atoms with Gasteiger partial charge in [-0.15, -0.1) is 0 Å². The van der Waals surface area contributed by atoms with Gasteiger partial charge in [0.25, 0.3) is 5.82 Å². The van der Waals surface area contributed by atoms with Crippen molar-refractivity contribution in [2.24, 2.45) is 0 Å². The Labute approximate surface area is 368 Å². The number of imidazole rings is 1. The van der Waals surface area contributed by atoms with E-state index in [1.165, 1.54) is 321 Å². The maximum atomic E-state index is 2.67. The Morgan fingerprint density at radius 2 is 0.534 bits per heavy atom. The molecule has 1 rings (SSSR count). The molecule has 0 aromatic carbocycles. The van der Waals surface area contributed by atoms with Crippen LogP contribution in [0.15, 0.2) is 12.4 Å². The fraction of sp³-hybridized carbons (Fsp3) is 0.946. The highest BCUT2D eigenvalue weighted by molar-refractivity contribution is 4.84. The summed E-state index contributed by atoms with van der Waals surface area (Å²) < 4.78 is 5.33. The molecule has 0 saturated heterocycles. The summed E-state index contributed by atoms with van der Waals surface area (Å²) >= 11 is 0. The molecule has 0 radical (unpaired) electrons. The van der Waals surface area contributed by atoms with E-state index in [0.717, 1.165) is 0 Å². The SMILES string of the molecule is CCCCCCCCCCCCCCCCCCCn1cc[n+](CCCCCCCCCCCCCCCCC)c1CCCCCCCCCCCCCCCCC. The first kappa shape index (κ1) is 55.2. The molecule has 0 aliphatic carbocycles. The van der Waals surface area contributed by atoms with E-state index in [-0.39, 0.29) is 0 Å². The van der Waals surface area contributed by atoms with Gasteiger partial charge in [-0.25, -0.2) is 9.13 Å². The van der Waals surface area contributed by atoms with Gasteiger partial charge in [0, 0.05) is 6.42 Å². The molecule has 1 heterocycles. The van der Waals surface area contributed by atoms with Crippen LogP contribution < -0.4 is 4.57 Å². The average molecular weight is 813 g/mol. The van der Waals surface area contributed by atoms with E-state index < -0.39 is 0 Å². The second kappa shape index (κ2) is 47.3. The van der Waals surface area contributed by atoms with Crippen LogP contribution in [0.4, 0.5) is 0 Å². The first-order valence-electron chi connectivity index (χ1n) is 27.9. The number of hydrogen-bond acceptors (Lipinski definition) is 0. The summed E-state index contributed by atoms with van der Waals surface area (Å²) in [5.74, 6) is 1.64. The van der Waals surface area contributed by atoms with Crippen LogP contribution in [0.25, 0.3) is 0 Å². The van der Waals surface area contributed by atoms with Gasteiger partial charge >= 0.3 is 0 Å². The van der Waals surface area contributed by atoms with Gasteiger partial charge in [0.2, 0.25) is 0 Å². The molecule has 0 amide bonds. The summed E-state index contributed by atoms with van der Waals surface area (Å²) in [7, 11) is 0. The normalized spacial score (nSPS) is 11.7. The topological polar surface area (TPSA) is 8.81 Å². The fourth-order valence-electron chi connectivity index (χ4n) is 9.51. The van der Waals surface area contributed by atoms with Crippen LogP contribution in [0.5, 0.6) is 0 Å². The first-order valence-corrected chi connectivity index (χ1v) is 27.9. The van der Waals surface area contributed by atoms with E-state index in [1.54, 1.807) is 5.82 Å². The van der Waals surface area contributed by atoms with Gasteiger partial charge in [-0.05, 0) is 32.1 Å². The smallest absolute Gasteiger partial charge is 0.234 e. The average Bonchev–Trinajstić information content (AvgIpc) is 3.62. The third-order valence-electron chi connectivity index (χ3n) is 13.6. The van der Waals surface area contributed by atoms with Gasteiger partial charge < -0.3 is 0 Å². The van der Waals surface area contributed by atoms with Crippen LogP contribution in [0.1, 0.15) is 328 Å².